The van der Waals surface area contributed by atoms with E-state index < -0.39 is 6.09 Å². The van der Waals surface area contributed by atoms with Crippen LogP contribution in [0.3, 0.4) is 0 Å². The van der Waals surface area contributed by atoms with Crippen molar-refractivity contribution in [2.24, 2.45) is 0 Å². The van der Waals surface area contributed by atoms with E-state index in [9.17, 15) is 9.59 Å². The molecule has 2 aromatic rings. The molecule has 0 bridgehead atoms. The molecule has 4 heteroatoms. The lowest BCUT2D eigenvalue weighted by Gasteiger charge is -2.22. The second-order valence-electron chi connectivity index (χ2n) is 6.53. The van der Waals surface area contributed by atoms with E-state index in [1.165, 1.54) is 6.42 Å². The molecule has 0 heterocycles. The van der Waals surface area contributed by atoms with Gasteiger partial charge in [0, 0.05) is 11.6 Å². The summed E-state index contributed by atoms with van der Waals surface area (Å²) in [6, 6.07) is 15.0. The predicted octanol–water partition coefficient (Wildman–Crippen LogP) is 4.98. The largest absolute Gasteiger partial charge is 0.412 e. The van der Waals surface area contributed by atoms with Gasteiger partial charge < -0.3 is 10.1 Å². The van der Waals surface area contributed by atoms with Crippen LogP contribution in [0.1, 0.15) is 49.4 Å². The van der Waals surface area contributed by atoms with Crippen molar-refractivity contribution in [3.05, 3.63) is 54.1 Å². The monoisotopic (exact) mass is 337 g/mol. The van der Waals surface area contributed by atoms with Gasteiger partial charge in [-0.1, -0.05) is 49.6 Å². The summed E-state index contributed by atoms with van der Waals surface area (Å²) < 4.78 is 5.44. The lowest BCUT2D eigenvalue weighted by molar-refractivity contribution is 0.101. The Morgan fingerprint density at radius 3 is 2.36 bits per heavy atom. The Bertz CT molecular complexity index is 763. The SMILES string of the molecule is CC(=O)c1cccc(-c2cccc(OC(=O)NC3CCCCC3)c2)c1. The van der Waals surface area contributed by atoms with E-state index in [-0.39, 0.29) is 11.8 Å². The number of benzene rings is 2. The molecule has 1 aliphatic carbocycles. The topological polar surface area (TPSA) is 55.4 Å². The third kappa shape index (κ3) is 4.69. The second kappa shape index (κ2) is 7.97. The van der Waals surface area contributed by atoms with Gasteiger partial charge in [-0.15, -0.1) is 0 Å². The third-order valence-corrected chi connectivity index (χ3v) is 4.57. The lowest BCUT2D eigenvalue weighted by Crippen LogP contribution is -2.37. The van der Waals surface area contributed by atoms with Crippen LogP contribution in [-0.2, 0) is 0 Å². The summed E-state index contributed by atoms with van der Waals surface area (Å²) in [7, 11) is 0. The zero-order chi connectivity index (χ0) is 17.6. The van der Waals surface area contributed by atoms with Crippen molar-refractivity contribution in [2.45, 2.75) is 45.1 Å². The summed E-state index contributed by atoms with van der Waals surface area (Å²) in [5, 5.41) is 2.94. The van der Waals surface area contributed by atoms with Gasteiger partial charge in [0.1, 0.15) is 5.75 Å². The van der Waals surface area contributed by atoms with Gasteiger partial charge in [-0.05, 0) is 49.1 Å². The van der Waals surface area contributed by atoms with Crippen molar-refractivity contribution in [3.63, 3.8) is 0 Å². The Hall–Kier alpha value is -2.62. The van der Waals surface area contributed by atoms with E-state index in [4.69, 9.17) is 4.74 Å². The first-order valence-corrected chi connectivity index (χ1v) is 8.81. The van der Waals surface area contributed by atoms with Gasteiger partial charge in [0.05, 0.1) is 0 Å². The van der Waals surface area contributed by atoms with E-state index in [0.717, 1.165) is 36.8 Å². The van der Waals surface area contributed by atoms with Crippen LogP contribution in [0.2, 0.25) is 0 Å². The minimum atomic E-state index is -0.401. The van der Waals surface area contributed by atoms with Crippen molar-refractivity contribution in [2.75, 3.05) is 0 Å². The highest BCUT2D eigenvalue weighted by Crippen LogP contribution is 2.25. The first-order chi connectivity index (χ1) is 12.1. The van der Waals surface area contributed by atoms with Crippen molar-refractivity contribution >= 4 is 11.9 Å². The van der Waals surface area contributed by atoms with Gasteiger partial charge in [-0.3, -0.25) is 4.79 Å². The molecule has 1 fully saturated rings. The molecule has 1 saturated carbocycles. The number of hydrogen-bond donors (Lipinski definition) is 1. The van der Waals surface area contributed by atoms with E-state index in [0.29, 0.717) is 11.3 Å². The first kappa shape index (κ1) is 17.2. The van der Waals surface area contributed by atoms with E-state index in [1.54, 1.807) is 19.1 Å². The zero-order valence-corrected chi connectivity index (χ0v) is 14.5. The quantitative estimate of drug-likeness (QED) is 0.801. The molecule has 0 saturated heterocycles. The zero-order valence-electron chi connectivity index (χ0n) is 14.5. The van der Waals surface area contributed by atoms with E-state index in [1.807, 2.05) is 36.4 Å². The Balaban J connectivity index is 1.69. The molecule has 1 aliphatic rings. The first-order valence-electron chi connectivity index (χ1n) is 8.81. The summed E-state index contributed by atoms with van der Waals surface area (Å²) in [6.07, 6.45) is 5.20. The van der Waals surface area contributed by atoms with Crippen LogP contribution in [0.25, 0.3) is 11.1 Å². The smallest absolute Gasteiger partial charge is 0.410 e. The minimum Gasteiger partial charge on any atom is -0.410 e. The average Bonchev–Trinajstić information content (AvgIpc) is 2.63. The summed E-state index contributed by atoms with van der Waals surface area (Å²) in [6.45, 7) is 1.55. The molecule has 3 rings (SSSR count). The van der Waals surface area contributed by atoms with E-state index in [2.05, 4.69) is 5.32 Å². The minimum absolute atomic E-state index is 0.0288. The highest BCUT2D eigenvalue weighted by molar-refractivity contribution is 5.95. The number of hydrogen-bond acceptors (Lipinski definition) is 3. The van der Waals surface area contributed by atoms with Crippen LogP contribution in [0, 0.1) is 0 Å². The highest BCUT2D eigenvalue weighted by Gasteiger charge is 2.16. The van der Waals surface area contributed by atoms with Gasteiger partial charge in [0.25, 0.3) is 0 Å². The summed E-state index contributed by atoms with van der Waals surface area (Å²) in [5.74, 6) is 0.528. The molecule has 0 spiro atoms. The number of carbonyl (C=O) groups excluding carboxylic acids is 2. The fraction of sp³-hybridized carbons (Fsp3) is 0.333. The molecule has 0 aromatic heterocycles. The van der Waals surface area contributed by atoms with Crippen LogP contribution in [-0.4, -0.2) is 17.9 Å². The molecular formula is C21H23NO3. The molecular weight excluding hydrogens is 314 g/mol. The fourth-order valence-electron chi connectivity index (χ4n) is 3.21. The van der Waals surface area contributed by atoms with Gasteiger partial charge in [-0.25, -0.2) is 4.79 Å². The van der Waals surface area contributed by atoms with Crippen LogP contribution < -0.4 is 10.1 Å². The number of amides is 1. The lowest BCUT2D eigenvalue weighted by atomic mass is 9.96. The summed E-state index contributed by atoms with van der Waals surface area (Å²) in [4.78, 5) is 23.6. The van der Waals surface area contributed by atoms with Gasteiger partial charge in [0.2, 0.25) is 0 Å². The Morgan fingerprint density at radius 2 is 1.64 bits per heavy atom. The number of ether oxygens (including phenoxy) is 1. The molecule has 2 aromatic carbocycles. The van der Waals surface area contributed by atoms with Crippen molar-refractivity contribution in [1.82, 2.24) is 5.32 Å². The molecule has 0 radical (unpaired) electrons. The number of ketones is 1. The van der Waals surface area contributed by atoms with Gasteiger partial charge in [-0.2, -0.15) is 0 Å². The van der Waals surface area contributed by atoms with Crippen LogP contribution >= 0.6 is 0 Å². The Kier molecular flexibility index (Phi) is 5.49. The number of carbonyl (C=O) groups is 2. The molecule has 4 nitrogen and oxygen atoms in total. The maximum Gasteiger partial charge on any atom is 0.412 e. The maximum absolute atomic E-state index is 12.1. The van der Waals surface area contributed by atoms with Crippen LogP contribution in [0.15, 0.2) is 48.5 Å². The van der Waals surface area contributed by atoms with Crippen molar-refractivity contribution < 1.29 is 14.3 Å². The molecule has 0 atom stereocenters. The predicted molar refractivity (Wildman–Crippen MR) is 97.9 cm³/mol. The Labute approximate surface area is 148 Å². The molecule has 1 N–H and O–H groups in total. The standard InChI is InChI=1S/C21H23NO3/c1-15(23)16-7-5-8-17(13-16)18-9-6-12-20(14-18)25-21(24)22-19-10-3-2-4-11-19/h5-9,12-14,19H,2-4,10-11H2,1H3,(H,22,24). The van der Waals surface area contributed by atoms with Crippen LogP contribution in [0.5, 0.6) is 5.75 Å². The van der Waals surface area contributed by atoms with Crippen molar-refractivity contribution in [1.29, 1.82) is 0 Å². The van der Waals surface area contributed by atoms with E-state index >= 15 is 0 Å². The second-order valence-corrected chi connectivity index (χ2v) is 6.53. The molecule has 0 aliphatic heterocycles. The van der Waals surface area contributed by atoms with Gasteiger partial charge >= 0.3 is 6.09 Å². The maximum atomic E-state index is 12.1. The number of rotatable bonds is 4. The molecule has 1 amide bonds. The fourth-order valence-corrected chi connectivity index (χ4v) is 3.21. The highest BCUT2D eigenvalue weighted by atomic mass is 16.6. The average molecular weight is 337 g/mol. The molecule has 130 valence electrons. The number of nitrogens with one attached hydrogen (secondary N) is 1. The van der Waals surface area contributed by atoms with Gasteiger partial charge in [0.15, 0.2) is 5.78 Å². The normalized spacial score (nSPS) is 14.8. The summed E-state index contributed by atoms with van der Waals surface area (Å²) >= 11 is 0. The third-order valence-electron chi connectivity index (χ3n) is 4.57. The number of Topliss-reactive ketones (excluding diaryl/α,β-unsaturated/α-hetero) is 1. The summed E-state index contributed by atoms with van der Waals surface area (Å²) in [5.41, 5.74) is 2.50. The van der Waals surface area contributed by atoms with Crippen LogP contribution in [0.4, 0.5) is 4.79 Å². The molecule has 25 heavy (non-hydrogen) atoms. The Morgan fingerprint density at radius 1 is 0.960 bits per heavy atom. The molecule has 0 unspecified atom stereocenters. The van der Waals surface area contributed by atoms with Crippen molar-refractivity contribution in [3.8, 4) is 16.9 Å².